The first kappa shape index (κ1) is 25.5. The molecule has 0 aliphatic carbocycles. The number of oxime groups is 1. The zero-order chi connectivity index (χ0) is 26.4. The molecule has 0 unspecified atom stereocenters. The summed E-state index contributed by atoms with van der Waals surface area (Å²) in [5.41, 5.74) is 6.38. The minimum Gasteiger partial charge on any atom is -0.735 e. The van der Waals surface area contributed by atoms with Crippen LogP contribution in [0.5, 0.6) is 0 Å². The number of pyridine rings is 1. The van der Waals surface area contributed by atoms with Gasteiger partial charge in [-0.1, -0.05) is 5.16 Å². The van der Waals surface area contributed by atoms with Crippen LogP contribution in [-0.2, 0) is 38.9 Å². The second-order valence-electron chi connectivity index (χ2n) is 8.57. The number of carbonyl (C=O) groups excluding carboxylic acids is 3. The second kappa shape index (κ2) is 9.96. The van der Waals surface area contributed by atoms with Gasteiger partial charge in [0.05, 0.1) is 16.2 Å². The summed E-state index contributed by atoms with van der Waals surface area (Å²) in [6.45, 7) is 3.50. The van der Waals surface area contributed by atoms with Crippen LogP contribution in [0.15, 0.2) is 35.4 Å². The lowest BCUT2D eigenvalue weighted by Gasteiger charge is -2.50. The number of aromatic nitrogens is 3. The molecule has 5 heterocycles. The summed E-state index contributed by atoms with van der Waals surface area (Å²) >= 11 is 8.94. The molecule has 3 N–H and O–H groups in total. The molecule has 0 bridgehead atoms. The molecule has 3 aromatic heterocycles. The van der Waals surface area contributed by atoms with Crippen molar-refractivity contribution in [3.8, 4) is 0 Å². The smallest absolute Gasteiger partial charge is 0.278 e. The Hall–Kier alpha value is -3.14. The Balaban J connectivity index is 1.41. The van der Waals surface area contributed by atoms with Crippen LogP contribution in [0.3, 0.4) is 0 Å². The van der Waals surface area contributed by atoms with Gasteiger partial charge in [-0.15, -0.1) is 23.1 Å². The topological polar surface area (TPSA) is 144 Å². The number of fused-ring (bicyclic) bond motifs is 2. The number of thioether (sulfide) groups is 1. The summed E-state index contributed by atoms with van der Waals surface area (Å²) in [5.74, 6) is -0.657. The van der Waals surface area contributed by atoms with Gasteiger partial charge < -0.3 is 33.3 Å². The number of carbonyl (C=O) groups is 3. The van der Waals surface area contributed by atoms with Gasteiger partial charge in [0.15, 0.2) is 17.5 Å². The van der Waals surface area contributed by atoms with Crippen LogP contribution < -0.4 is 15.6 Å². The van der Waals surface area contributed by atoms with E-state index in [1.165, 1.54) is 16.7 Å². The Bertz CT molecular complexity index is 1490. The Morgan fingerprint density at radius 3 is 2.86 bits per heavy atom. The lowest BCUT2D eigenvalue weighted by molar-refractivity contribution is -0.670. The number of anilines is 1. The van der Waals surface area contributed by atoms with Crippen molar-refractivity contribution in [2.24, 2.45) is 12.2 Å². The SMILES string of the molecule is CC(C)O/N=C(\C(=O)N[C@@H]1C(=O)N2C(C(=O)[S-])=C(c3cc4c[n+](C)ccc4s3)CS[C@H]12)c1nsc(N)n1. The third kappa shape index (κ3) is 4.79. The molecule has 3 aromatic rings. The first-order valence-corrected chi connectivity index (χ1v) is 14.1. The maximum atomic E-state index is 13.2. The number of amides is 2. The summed E-state index contributed by atoms with van der Waals surface area (Å²) in [4.78, 5) is 50.4. The summed E-state index contributed by atoms with van der Waals surface area (Å²) < 4.78 is 7.05. The number of thiophene rings is 1. The molecule has 2 aliphatic heterocycles. The van der Waals surface area contributed by atoms with Gasteiger partial charge in [0.2, 0.25) is 11.5 Å². The van der Waals surface area contributed by atoms with E-state index >= 15 is 0 Å². The zero-order valence-corrected chi connectivity index (χ0v) is 23.1. The van der Waals surface area contributed by atoms with E-state index in [9.17, 15) is 14.4 Å². The number of nitrogens with zero attached hydrogens (tertiary/aromatic N) is 5. The quantitative estimate of drug-likeness (QED) is 0.139. The maximum Gasteiger partial charge on any atom is 0.278 e. The first-order valence-electron chi connectivity index (χ1n) is 11.1. The van der Waals surface area contributed by atoms with Crippen molar-refractivity contribution in [2.75, 3.05) is 11.5 Å². The molecule has 1 saturated heterocycles. The van der Waals surface area contributed by atoms with E-state index < -0.39 is 28.3 Å². The number of hydrogen-bond donors (Lipinski definition) is 2. The van der Waals surface area contributed by atoms with Crippen LogP contribution >= 0.6 is 34.6 Å². The molecule has 0 spiro atoms. The van der Waals surface area contributed by atoms with E-state index in [-0.39, 0.29) is 28.5 Å². The molecule has 192 valence electrons. The molecule has 15 heteroatoms. The summed E-state index contributed by atoms with van der Waals surface area (Å²) in [5, 5.41) is 6.67. The van der Waals surface area contributed by atoms with Gasteiger partial charge in [-0.05, 0) is 19.9 Å². The molecule has 37 heavy (non-hydrogen) atoms. The normalized spacial score (nSPS) is 19.7. The number of nitrogen functional groups attached to an aromatic ring is 1. The molecule has 1 fully saturated rings. The van der Waals surface area contributed by atoms with Crippen molar-refractivity contribution >= 4 is 90.7 Å². The lowest BCUT2D eigenvalue weighted by Crippen LogP contribution is -2.70. The van der Waals surface area contributed by atoms with Crippen molar-refractivity contribution in [1.82, 2.24) is 19.6 Å². The van der Waals surface area contributed by atoms with E-state index in [2.05, 4.69) is 19.8 Å². The van der Waals surface area contributed by atoms with Crippen molar-refractivity contribution in [1.29, 1.82) is 0 Å². The van der Waals surface area contributed by atoms with Crippen LogP contribution in [0, 0.1) is 0 Å². The number of nitrogens with one attached hydrogen (secondary N) is 1. The Morgan fingerprint density at radius 2 is 2.19 bits per heavy atom. The summed E-state index contributed by atoms with van der Waals surface area (Å²) in [6, 6.07) is 3.12. The number of nitrogens with two attached hydrogens (primary N) is 1. The molecule has 5 rings (SSSR count). The molecule has 0 aromatic carbocycles. The van der Waals surface area contributed by atoms with Gasteiger partial charge in [-0.3, -0.25) is 14.5 Å². The molecule has 2 aliphatic rings. The standard InChI is InChI=1S/C22H21N7O4S4/c1-9(2)33-26-14(17-25-22(23)37-27-17)18(30)24-15-19(31)29-16(21(32)34)11(8-35-20(15)29)13-6-10-7-28(3)5-4-12(10)36-13/h4-7,9,15,20H,8H2,1-3H3,(H3-,23,24,25,27,30,32,34)/b26-14-/t15-,20-/m1/s1. The fourth-order valence-electron chi connectivity index (χ4n) is 3.93. The van der Waals surface area contributed by atoms with Crippen molar-refractivity contribution in [2.45, 2.75) is 31.4 Å². The minimum absolute atomic E-state index is 0.00217. The Labute approximate surface area is 229 Å². The molecule has 11 nitrogen and oxygen atoms in total. The monoisotopic (exact) mass is 575 g/mol. The Morgan fingerprint density at radius 1 is 1.41 bits per heavy atom. The summed E-state index contributed by atoms with van der Waals surface area (Å²) in [7, 11) is 1.94. The predicted molar refractivity (Wildman–Crippen MR) is 144 cm³/mol. The van der Waals surface area contributed by atoms with Gasteiger partial charge in [0.1, 0.15) is 24.6 Å². The predicted octanol–water partition coefficient (Wildman–Crippen LogP) is 1.17. The molecule has 2 amide bonds. The number of rotatable bonds is 7. The van der Waals surface area contributed by atoms with E-state index in [0.29, 0.717) is 5.75 Å². The van der Waals surface area contributed by atoms with Crippen LogP contribution in [0.2, 0.25) is 0 Å². The average molecular weight is 576 g/mol. The lowest BCUT2D eigenvalue weighted by atomic mass is 10.0. The van der Waals surface area contributed by atoms with Crippen molar-refractivity contribution < 1.29 is 23.8 Å². The number of hydrogen-bond acceptors (Lipinski definition) is 12. The highest BCUT2D eigenvalue weighted by Crippen LogP contribution is 2.45. The minimum atomic E-state index is -0.884. The van der Waals surface area contributed by atoms with Crippen LogP contribution in [0.4, 0.5) is 5.13 Å². The van der Waals surface area contributed by atoms with Crippen LogP contribution in [-0.4, -0.2) is 60.2 Å². The maximum absolute atomic E-state index is 13.2. The third-order valence-electron chi connectivity index (χ3n) is 5.56. The van der Waals surface area contributed by atoms with Gasteiger partial charge in [0.25, 0.3) is 11.8 Å². The van der Waals surface area contributed by atoms with Gasteiger partial charge in [-0.25, -0.2) is 4.57 Å². The second-order valence-corrected chi connectivity index (χ2v) is 11.9. The molecule has 0 saturated carbocycles. The van der Waals surface area contributed by atoms with Crippen molar-refractivity contribution in [3.05, 3.63) is 40.9 Å². The van der Waals surface area contributed by atoms with Gasteiger partial charge >= 0.3 is 0 Å². The molecule has 0 radical (unpaired) electrons. The molecular formula is C22H21N7O4S4. The molecular weight excluding hydrogens is 555 g/mol. The molecule has 2 atom stereocenters. The third-order valence-corrected chi connectivity index (χ3v) is 8.76. The van der Waals surface area contributed by atoms with E-state index in [0.717, 1.165) is 32.1 Å². The highest BCUT2D eigenvalue weighted by molar-refractivity contribution is 8.00. The van der Waals surface area contributed by atoms with E-state index in [1.54, 1.807) is 25.2 Å². The van der Waals surface area contributed by atoms with E-state index in [4.69, 9.17) is 23.2 Å². The first-order chi connectivity index (χ1) is 17.6. The average Bonchev–Trinajstić information content (AvgIpc) is 3.47. The number of β-lactam (4-membered cyclic amide) rings is 1. The van der Waals surface area contributed by atoms with Gasteiger partial charge in [0, 0.05) is 38.5 Å². The number of aryl methyl sites for hydroxylation is 1. The fraction of sp³-hybridized carbons (Fsp3) is 0.318. The van der Waals surface area contributed by atoms with Crippen molar-refractivity contribution in [3.63, 3.8) is 0 Å². The summed E-state index contributed by atoms with van der Waals surface area (Å²) in [6.07, 6.45) is 3.65. The highest BCUT2D eigenvalue weighted by Gasteiger charge is 2.53. The largest absolute Gasteiger partial charge is 0.735 e. The zero-order valence-electron chi connectivity index (χ0n) is 19.8. The fourth-order valence-corrected chi connectivity index (χ4v) is 7.11. The van der Waals surface area contributed by atoms with E-state index in [1.807, 2.05) is 36.1 Å². The Kier molecular flexibility index (Phi) is 6.87. The van der Waals surface area contributed by atoms with Gasteiger partial charge in [-0.2, -0.15) is 9.36 Å². The van der Waals surface area contributed by atoms with Crippen LogP contribution in [0.25, 0.3) is 15.7 Å². The van der Waals surface area contributed by atoms with Crippen LogP contribution in [0.1, 0.15) is 24.5 Å². The highest BCUT2D eigenvalue weighted by atomic mass is 32.2.